The Bertz CT molecular complexity index is 1070. The number of nitrogens with one attached hydrogen (secondary N) is 1. The van der Waals surface area contributed by atoms with Gasteiger partial charge in [0.05, 0.1) is 19.8 Å². The van der Waals surface area contributed by atoms with Gasteiger partial charge in [-0.05, 0) is 67.6 Å². The third-order valence-electron chi connectivity index (χ3n) is 6.63. The van der Waals surface area contributed by atoms with Crippen LogP contribution >= 0.6 is 0 Å². The van der Waals surface area contributed by atoms with Crippen LogP contribution in [-0.2, 0) is 16.0 Å². The van der Waals surface area contributed by atoms with Crippen molar-refractivity contribution in [2.75, 3.05) is 34.5 Å². The van der Waals surface area contributed by atoms with Crippen LogP contribution in [0.2, 0.25) is 0 Å². The summed E-state index contributed by atoms with van der Waals surface area (Å²) < 4.78 is 16.1. The first kappa shape index (κ1) is 22.4. The molecule has 2 aromatic carbocycles. The fourth-order valence-electron chi connectivity index (χ4n) is 4.95. The molecule has 3 aromatic rings. The van der Waals surface area contributed by atoms with Gasteiger partial charge in [0.2, 0.25) is 0 Å². The normalized spacial score (nSPS) is 19.2. The number of aromatic nitrogens is 1. The van der Waals surface area contributed by atoms with Crippen LogP contribution in [0.3, 0.4) is 0 Å². The molecular formula is C26H32N2O4. The Kier molecular flexibility index (Phi) is 6.82. The number of carbonyl (C=O) groups is 1. The summed E-state index contributed by atoms with van der Waals surface area (Å²) in [6.07, 6.45) is 4.10. The molecule has 4 rings (SSSR count). The average molecular weight is 437 g/mol. The van der Waals surface area contributed by atoms with Crippen LogP contribution in [-0.4, -0.2) is 50.3 Å². The van der Waals surface area contributed by atoms with Gasteiger partial charge in [0.1, 0.15) is 5.75 Å². The van der Waals surface area contributed by atoms with Crippen molar-refractivity contribution in [1.29, 1.82) is 0 Å². The number of ether oxygens (including phenoxy) is 3. The van der Waals surface area contributed by atoms with E-state index in [-0.39, 0.29) is 12.0 Å². The Balaban J connectivity index is 1.67. The summed E-state index contributed by atoms with van der Waals surface area (Å²) in [6, 6.07) is 12.3. The molecule has 2 heterocycles. The number of piperidine rings is 1. The lowest BCUT2D eigenvalue weighted by molar-refractivity contribution is 0.0577. The van der Waals surface area contributed by atoms with Gasteiger partial charge in [-0.2, -0.15) is 0 Å². The number of likely N-dealkylation sites (tertiary alicyclic amines) is 1. The molecule has 0 spiro atoms. The standard InChI is InChI=1S/C26H32N2O4/c1-17-13-24(31-3)22(21-9-11-27-25(17)21)15-28-12-10-18(16-30-2)14-23(28)19-5-7-20(8-6-19)26(29)32-4/h5-9,11,13,18,23,27H,10,12,14-16H2,1-4H3. The molecule has 170 valence electrons. The SMILES string of the molecule is COCC1CCN(Cc2c(OC)cc(C)c3[nH]ccc23)C(c2ccc(C(=O)OC)cc2)C1. The number of aromatic amines is 1. The molecule has 0 saturated carbocycles. The zero-order valence-electron chi connectivity index (χ0n) is 19.3. The molecule has 6 heteroatoms. The first-order chi connectivity index (χ1) is 15.5. The largest absolute Gasteiger partial charge is 0.496 e. The minimum absolute atomic E-state index is 0.232. The van der Waals surface area contributed by atoms with E-state index < -0.39 is 0 Å². The summed E-state index contributed by atoms with van der Waals surface area (Å²) >= 11 is 0. The molecule has 0 amide bonds. The van der Waals surface area contributed by atoms with Crippen LogP contribution in [0.25, 0.3) is 10.9 Å². The summed E-state index contributed by atoms with van der Waals surface area (Å²) in [5.74, 6) is 1.12. The maximum Gasteiger partial charge on any atom is 0.337 e. The van der Waals surface area contributed by atoms with Gasteiger partial charge in [-0.1, -0.05) is 12.1 Å². The highest BCUT2D eigenvalue weighted by atomic mass is 16.5. The van der Waals surface area contributed by atoms with Gasteiger partial charge in [-0.25, -0.2) is 4.79 Å². The maximum atomic E-state index is 11.9. The molecule has 1 fully saturated rings. The molecule has 6 nitrogen and oxygen atoms in total. The summed E-state index contributed by atoms with van der Waals surface area (Å²) in [4.78, 5) is 17.8. The second-order valence-electron chi connectivity index (χ2n) is 8.59. The summed E-state index contributed by atoms with van der Waals surface area (Å²) in [5, 5.41) is 1.21. The van der Waals surface area contributed by atoms with Crippen LogP contribution < -0.4 is 4.74 Å². The number of hydrogen-bond acceptors (Lipinski definition) is 5. The molecule has 1 aromatic heterocycles. The molecular weight excluding hydrogens is 404 g/mol. The lowest BCUT2D eigenvalue weighted by atomic mass is 9.86. The number of methoxy groups -OCH3 is 3. The van der Waals surface area contributed by atoms with Crippen LogP contribution in [0.15, 0.2) is 42.6 Å². The molecule has 1 N–H and O–H groups in total. The van der Waals surface area contributed by atoms with E-state index >= 15 is 0 Å². The minimum atomic E-state index is -0.312. The number of benzene rings is 2. The van der Waals surface area contributed by atoms with Gasteiger partial charge >= 0.3 is 5.97 Å². The Labute approximate surface area is 189 Å². The molecule has 0 aliphatic carbocycles. The van der Waals surface area contributed by atoms with E-state index in [9.17, 15) is 4.79 Å². The van der Waals surface area contributed by atoms with E-state index in [1.54, 1.807) is 14.2 Å². The predicted octanol–water partition coefficient (Wildman–Crippen LogP) is 4.87. The average Bonchev–Trinajstić information content (AvgIpc) is 3.32. The first-order valence-corrected chi connectivity index (χ1v) is 11.1. The molecule has 1 aliphatic heterocycles. The molecule has 0 bridgehead atoms. The second-order valence-corrected chi connectivity index (χ2v) is 8.59. The van der Waals surface area contributed by atoms with Gasteiger partial charge in [0.25, 0.3) is 0 Å². The zero-order valence-corrected chi connectivity index (χ0v) is 19.3. The van der Waals surface area contributed by atoms with Gasteiger partial charge in [0, 0.05) is 49.0 Å². The second kappa shape index (κ2) is 9.76. The zero-order chi connectivity index (χ0) is 22.7. The van der Waals surface area contributed by atoms with E-state index in [1.165, 1.54) is 29.2 Å². The van der Waals surface area contributed by atoms with Crippen molar-refractivity contribution in [3.63, 3.8) is 0 Å². The number of nitrogens with zero attached hydrogens (tertiary/aromatic N) is 1. The van der Waals surface area contributed by atoms with E-state index in [4.69, 9.17) is 14.2 Å². The van der Waals surface area contributed by atoms with Gasteiger partial charge in [-0.3, -0.25) is 4.90 Å². The quantitative estimate of drug-likeness (QED) is 0.535. The smallest absolute Gasteiger partial charge is 0.337 e. The highest BCUT2D eigenvalue weighted by Crippen LogP contribution is 2.39. The van der Waals surface area contributed by atoms with Crippen molar-refractivity contribution in [3.8, 4) is 5.75 Å². The molecule has 32 heavy (non-hydrogen) atoms. The van der Waals surface area contributed by atoms with E-state index in [0.29, 0.717) is 11.5 Å². The van der Waals surface area contributed by atoms with Crippen LogP contribution in [0.4, 0.5) is 0 Å². The van der Waals surface area contributed by atoms with Crippen molar-refractivity contribution in [2.24, 2.45) is 5.92 Å². The number of carbonyl (C=O) groups excluding carboxylic acids is 1. The Morgan fingerprint density at radius 3 is 2.62 bits per heavy atom. The highest BCUT2D eigenvalue weighted by Gasteiger charge is 2.31. The molecule has 2 atom stereocenters. The molecule has 1 saturated heterocycles. The Morgan fingerprint density at radius 1 is 1.16 bits per heavy atom. The maximum absolute atomic E-state index is 11.9. The highest BCUT2D eigenvalue weighted by molar-refractivity contribution is 5.89. The topological polar surface area (TPSA) is 63.8 Å². The lowest BCUT2D eigenvalue weighted by Gasteiger charge is -2.40. The van der Waals surface area contributed by atoms with Gasteiger partial charge in [0.15, 0.2) is 0 Å². The van der Waals surface area contributed by atoms with E-state index in [1.807, 2.05) is 18.3 Å². The summed E-state index contributed by atoms with van der Waals surface area (Å²) in [6.45, 7) is 4.63. The lowest BCUT2D eigenvalue weighted by Crippen LogP contribution is -2.37. The number of fused-ring (bicyclic) bond motifs is 1. The van der Waals surface area contributed by atoms with Crippen molar-refractivity contribution < 1.29 is 19.0 Å². The number of aryl methyl sites for hydroxylation is 1. The predicted molar refractivity (Wildman–Crippen MR) is 125 cm³/mol. The van der Waals surface area contributed by atoms with E-state index in [0.717, 1.165) is 43.8 Å². The van der Waals surface area contributed by atoms with Crippen LogP contribution in [0.1, 0.15) is 45.9 Å². The first-order valence-electron chi connectivity index (χ1n) is 11.1. The van der Waals surface area contributed by atoms with Crippen molar-refractivity contribution in [1.82, 2.24) is 9.88 Å². The number of H-pyrrole nitrogens is 1. The Hall–Kier alpha value is -2.83. The molecule has 0 radical (unpaired) electrons. The minimum Gasteiger partial charge on any atom is -0.496 e. The van der Waals surface area contributed by atoms with Crippen molar-refractivity contribution >= 4 is 16.9 Å². The number of esters is 1. The van der Waals surface area contributed by atoms with Gasteiger partial charge in [-0.15, -0.1) is 0 Å². The monoisotopic (exact) mass is 436 g/mol. The van der Waals surface area contributed by atoms with Crippen LogP contribution in [0.5, 0.6) is 5.75 Å². The number of rotatable bonds is 7. The summed E-state index contributed by atoms with van der Waals surface area (Å²) in [7, 11) is 4.92. The van der Waals surface area contributed by atoms with E-state index in [2.05, 4.69) is 41.1 Å². The molecule has 1 aliphatic rings. The van der Waals surface area contributed by atoms with Crippen molar-refractivity contribution in [3.05, 3.63) is 64.8 Å². The van der Waals surface area contributed by atoms with Gasteiger partial charge < -0.3 is 19.2 Å². The fraction of sp³-hybridized carbons (Fsp3) is 0.423. The van der Waals surface area contributed by atoms with Crippen LogP contribution in [0, 0.1) is 12.8 Å². The number of hydrogen-bond donors (Lipinski definition) is 1. The van der Waals surface area contributed by atoms with Crippen molar-refractivity contribution in [2.45, 2.75) is 32.4 Å². The third-order valence-corrected chi connectivity index (χ3v) is 6.63. The fourth-order valence-corrected chi connectivity index (χ4v) is 4.95. The Morgan fingerprint density at radius 2 is 1.94 bits per heavy atom. The summed E-state index contributed by atoms with van der Waals surface area (Å²) in [5.41, 5.74) is 5.32. The third kappa shape index (κ3) is 4.38. The molecule has 2 unspecified atom stereocenters.